The van der Waals surface area contributed by atoms with Gasteiger partial charge in [0, 0.05) is 14.7 Å². The van der Waals surface area contributed by atoms with Gasteiger partial charge >= 0.3 is 0 Å². The van der Waals surface area contributed by atoms with E-state index in [2.05, 4.69) is 29.6 Å². The minimum atomic E-state index is -1.06. The first-order chi connectivity index (χ1) is 8.99. The molecule has 19 heavy (non-hydrogen) atoms. The van der Waals surface area contributed by atoms with Gasteiger partial charge in [0.2, 0.25) is 0 Å². The summed E-state index contributed by atoms with van der Waals surface area (Å²) >= 11 is 0. The Morgan fingerprint density at radius 1 is 1.37 bits per heavy atom. The maximum absolute atomic E-state index is 10.7. The summed E-state index contributed by atoms with van der Waals surface area (Å²) in [5.74, 6) is 0. The molecule has 0 saturated heterocycles. The zero-order valence-electron chi connectivity index (χ0n) is 11.6. The van der Waals surface area contributed by atoms with Crippen LogP contribution in [0.15, 0.2) is 18.5 Å². The Morgan fingerprint density at radius 3 is 2.84 bits per heavy atom. The predicted molar refractivity (Wildman–Crippen MR) is 77.0 cm³/mol. The fraction of sp³-hybridized carbons (Fsp3) is 0.462. The van der Waals surface area contributed by atoms with Crippen molar-refractivity contribution in [3.05, 3.63) is 24.2 Å². The molecule has 0 saturated carbocycles. The van der Waals surface area contributed by atoms with Gasteiger partial charge in [-0.05, 0) is 18.2 Å². The van der Waals surface area contributed by atoms with Crippen molar-refractivity contribution in [3.63, 3.8) is 0 Å². The summed E-state index contributed by atoms with van der Waals surface area (Å²) in [6.45, 7) is 8.14. The summed E-state index contributed by atoms with van der Waals surface area (Å²) in [5, 5.41) is 0. The Balaban J connectivity index is 2.02. The molecule has 2 rings (SSSR count). The molecular weight excluding hydrogens is 258 g/mol. The van der Waals surface area contributed by atoms with Crippen LogP contribution in [0.1, 0.15) is 10.5 Å². The standard InChI is InChI=1S/C13H19N3O2Si/c1-19(2,3)7-6-18-10-16-9-14-12-5-4-11(8-17)15-13(12)16/h4-5,8-9H,6-7,10H2,1-3H3. The van der Waals surface area contributed by atoms with Gasteiger partial charge in [-0.25, -0.2) is 9.97 Å². The second-order valence-electron chi connectivity index (χ2n) is 5.76. The molecule has 0 atom stereocenters. The van der Waals surface area contributed by atoms with E-state index in [1.54, 1.807) is 18.5 Å². The highest BCUT2D eigenvalue weighted by molar-refractivity contribution is 6.76. The van der Waals surface area contributed by atoms with Gasteiger partial charge in [-0.3, -0.25) is 9.36 Å². The smallest absolute Gasteiger partial charge is 0.168 e. The number of imidazole rings is 1. The highest BCUT2D eigenvalue weighted by Gasteiger charge is 2.12. The van der Waals surface area contributed by atoms with Crippen molar-refractivity contribution in [2.45, 2.75) is 32.4 Å². The molecule has 0 unspecified atom stereocenters. The lowest BCUT2D eigenvalue weighted by molar-refractivity contribution is 0.0894. The van der Waals surface area contributed by atoms with Crippen LogP contribution < -0.4 is 0 Å². The summed E-state index contributed by atoms with van der Waals surface area (Å²) < 4.78 is 7.49. The third kappa shape index (κ3) is 3.71. The molecule has 0 fully saturated rings. The first kappa shape index (κ1) is 13.9. The van der Waals surface area contributed by atoms with Crippen molar-refractivity contribution in [1.29, 1.82) is 0 Å². The van der Waals surface area contributed by atoms with Gasteiger partial charge in [-0.2, -0.15) is 0 Å². The SMILES string of the molecule is C[Si](C)(C)CCOCn1cnc2ccc(C=O)nc21. The molecule has 2 aromatic rings. The van der Waals surface area contributed by atoms with E-state index in [-0.39, 0.29) is 0 Å². The number of nitrogens with zero attached hydrogens (tertiary/aromatic N) is 3. The number of hydrogen-bond acceptors (Lipinski definition) is 4. The van der Waals surface area contributed by atoms with Crippen LogP contribution in [0.3, 0.4) is 0 Å². The van der Waals surface area contributed by atoms with E-state index < -0.39 is 8.07 Å². The van der Waals surface area contributed by atoms with Gasteiger partial charge in [0.15, 0.2) is 11.9 Å². The molecule has 6 heteroatoms. The first-order valence-electron chi connectivity index (χ1n) is 6.34. The number of fused-ring (bicyclic) bond motifs is 1. The lowest BCUT2D eigenvalue weighted by Gasteiger charge is -2.15. The van der Waals surface area contributed by atoms with Crippen molar-refractivity contribution in [2.24, 2.45) is 0 Å². The number of carbonyl (C=O) groups excluding carboxylic acids is 1. The van der Waals surface area contributed by atoms with Crippen LogP contribution in [-0.2, 0) is 11.5 Å². The first-order valence-corrected chi connectivity index (χ1v) is 10.1. The number of hydrogen-bond donors (Lipinski definition) is 0. The lowest BCUT2D eigenvalue weighted by Crippen LogP contribution is -2.22. The Morgan fingerprint density at radius 2 is 2.16 bits per heavy atom. The van der Waals surface area contributed by atoms with Gasteiger partial charge in [0.1, 0.15) is 17.9 Å². The molecule has 0 spiro atoms. The highest BCUT2D eigenvalue weighted by atomic mass is 28.3. The molecule has 0 aliphatic carbocycles. The molecule has 0 bridgehead atoms. The fourth-order valence-corrected chi connectivity index (χ4v) is 2.41. The summed E-state index contributed by atoms with van der Waals surface area (Å²) in [6.07, 6.45) is 2.43. The molecule has 0 aliphatic rings. The molecule has 5 nitrogen and oxygen atoms in total. The Kier molecular flexibility index (Phi) is 4.11. The minimum absolute atomic E-state index is 0.413. The van der Waals surface area contributed by atoms with E-state index in [1.807, 2.05) is 4.57 Å². The van der Waals surface area contributed by atoms with Gasteiger partial charge in [-0.1, -0.05) is 19.6 Å². The largest absolute Gasteiger partial charge is 0.361 e. The number of carbonyl (C=O) groups is 1. The Hall–Kier alpha value is -1.53. The van der Waals surface area contributed by atoms with Crippen LogP contribution in [0.2, 0.25) is 25.7 Å². The highest BCUT2D eigenvalue weighted by Crippen LogP contribution is 2.12. The molecule has 102 valence electrons. The average molecular weight is 277 g/mol. The van der Waals surface area contributed by atoms with E-state index in [0.29, 0.717) is 18.1 Å². The fourth-order valence-electron chi connectivity index (χ4n) is 1.66. The number of pyridine rings is 1. The van der Waals surface area contributed by atoms with Crippen LogP contribution in [0.25, 0.3) is 11.2 Å². The van der Waals surface area contributed by atoms with Crippen molar-refractivity contribution in [3.8, 4) is 0 Å². The number of ether oxygens (including phenoxy) is 1. The number of aldehydes is 1. The van der Waals surface area contributed by atoms with E-state index in [4.69, 9.17) is 4.74 Å². The topological polar surface area (TPSA) is 57.0 Å². The van der Waals surface area contributed by atoms with Crippen molar-refractivity contribution < 1.29 is 9.53 Å². The van der Waals surface area contributed by atoms with Gasteiger partial charge in [0.25, 0.3) is 0 Å². The second-order valence-corrected chi connectivity index (χ2v) is 11.4. The summed E-state index contributed by atoms with van der Waals surface area (Å²) in [6, 6.07) is 4.59. The average Bonchev–Trinajstić information content (AvgIpc) is 2.76. The third-order valence-electron chi connectivity index (χ3n) is 2.83. The Bertz CT molecular complexity index is 575. The van der Waals surface area contributed by atoms with Crippen LogP contribution in [-0.4, -0.2) is 35.5 Å². The van der Waals surface area contributed by atoms with Gasteiger partial charge in [0.05, 0.1) is 6.33 Å². The minimum Gasteiger partial charge on any atom is -0.361 e. The van der Waals surface area contributed by atoms with E-state index in [9.17, 15) is 4.79 Å². The van der Waals surface area contributed by atoms with Gasteiger partial charge < -0.3 is 4.74 Å². The zero-order valence-corrected chi connectivity index (χ0v) is 12.6. The quantitative estimate of drug-likeness (QED) is 0.462. The molecule has 0 N–H and O–H groups in total. The van der Waals surface area contributed by atoms with Crippen LogP contribution in [0.5, 0.6) is 0 Å². The van der Waals surface area contributed by atoms with Crippen molar-refractivity contribution in [1.82, 2.24) is 14.5 Å². The van der Waals surface area contributed by atoms with Crippen molar-refractivity contribution >= 4 is 25.5 Å². The van der Waals surface area contributed by atoms with Crippen LogP contribution in [0.4, 0.5) is 0 Å². The molecule has 0 amide bonds. The molecule has 0 radical (unpaired) electrons. The van der Waals surface area contributed by atoms with E-state index in [1.165, 1.54) is 0 Å². The summed E-state index contributed by atoms with van der Waals surface area (Å²) in [4.78, 5) is 19.2. The monoisotopic (exact) mass is 277 g/mol. The molecule has 2 heterocycles. The zero-order chi connectivity index (χ0) is 13.9. The second kappa shape index (κ2) is 5.62. The lowest BCUT2D eigenvalue weighted by atomic mass is 10.3. The Labute approximate surface area is 113 Å². The third-order valence-corrected chi connectivity index (χ3v) is 4.54. The number of aromatic nitrogens is 3. The number of rotatable bonds is 6. The van der Waals surface area contributed by atoms with Crippen LogP contribution >= 0.6 is 0 Å². The van der Waals surface area contributed by atoms with Crippen molar-refractivity contribution in [2.75, 3.05) is 6.61 Å². The van der Waals surface area contributed by atoms with Crippen LogP contribution in [0, 0.1) is 0 Å². The predicted octanol–water partition coefficient (Wildman–Crippen LogP) is 2.56. The maximum Gasteiger partial charge on any atom is 0.168 e. The maximum atomic E-state index is 10.7. The summed E-state index contributed by atoms with van der Waals surface area (Å²) in [5.41, 5.74) is 1.88. The van der Waals surface area contributed by atoms with Gasteiger partial charge in [-0.15, -0.1) is 0 Å². The van der Waals surface area contributed by atoms with E-state index >= 15 is 0 Å². The molecule has 0 aliphatic heterocycles. The molecule has 0 aromatic carbocycles. The summed E-state index contributed by atoms with van der Waals surface area (Å²) in [7, 11) is -1.06. The van der Waals surface area contributed by atoms with E-state index in [0.717, 1.165) is 24.5 Å². The normalized spacial score (nSPS) is 11.9. The molecular formula is C13H19N3O2Si. The molecule has 2 aromatic heterocycles.